The fraction of sp³-hybridized carbons (Fsp3) is 0.333. The van der Waals surface area contributed by atoms with Crippen molar-refractivity contribution in [2.75, 3.05) is 26.8 Å². The molecular weight excluding hydrogens is 304 g/mol. The summed E-state index contributed by atoms with van der Waals surface area (Å²) in [5, 5.41) is 1.99. The molecule has 0 aliphatic carbocycles. The summed E-state index contributed by atoms with van der Waals surface area (Å²) < 4.78 is 10.9. The van der Waals surface area contributed by atoms with Gasteiger partial charge >= 0.3 is 0 Å². The number of thiophene rings is 1. The molecule has 6 nitrogen and oxygen atoms in total. The third-order valence-electron chi connectivity index (χ3n) is 3.55. The zero-order chi connectivity index (χ0) is 15.5. The number of ether oxygens (including phenoxy) is 2. The van der Waals surface area contributed by atoms with E-state index in [0.717, 1.165) is 4.88 Å². The zero-order valence-electron chi connectivity index (χ0n) is 12.1. The molecule has 1 fully saturated rings. The number of hydrogen-bond donors (Lipinski definition) is 1. The Bertz CT molecular complexity index is 711. The fourth-order valence-corrected chi connectivity index (χ4v) is 3.21. The summed E-state index contributed by atoms with van der Waals surface area (Å²) in [5.41, 5.74) is 0.0563. The van der Waals surface area contributed by atoms with Crippen LogP contribution in [-0.2, 0) is 4.74 Å². The number of nitrogens with one attached hydrogen (secondary N) is 1. The number of methoxy groups -OCH3 is 1. The van der Waals surface area contributed by atoms with Crippen molar-refractivity contribution in [3.05, 3.63) is 50.6 Å². The van der Waals surface area contributed by atoms with Gasteiger partial charge in [0.2, 0.25) is 0 Å². The van der Waals surface area contributed by atoms with Gasteiger partial charge in [0.1, 0.15) is 11.9 Å². The fourth-order valence-electron chi connectivity index (χ4n) is 2.44. The number of carbonyl (C=O) groups is 1. The molecule has 3 heterocycles. The number of hydrogen-bond acceptors (Lipinski definition) is 5. The van der Waals surface area contributed by atoms with Gasteiger partial charge in [0, 0.05) is 23.7 Å². The van der Waals surface area contributed by atoms with Crippen molar-refractivity contribution in [3.8, 4) is 5.75 Å². The molecule has 22 heavy (non-hydrogen) atoms. The number of rotatable bonds is 3. The van der Waals surface area contributed by atoms with Crippen molar-refractivity contribution in [3.63, 3.8) is 0 Å². The lowest BCUT2D eigenvalue weighted by atomic mass is 10.2. The summed E-state index contributed by atoms with van der Waals surface area (Å²) in [7, 11) is 1.44. The predicted octanol–water partition coefficient (Wildman–Crippen LogP) is 1.66. The minimum absolute atomic E-state index is 0.105. The molecule has 1 aliphatic rings. The third kappa shape index (κ3) is 2.90. The molecule has 3 rings (SSSR count). The molecule has 2 aromatic heterocycles. The van der Waals surface area contributed by atoms with Gasteiger partial charge in [-0.05, 0) is 11.4 Å². The van der Waals surface area contributed by atoms with Crippen LogP contribution in [-0.4, -0.2) is 42.6 Å². The van der Waals surface area contributed by atoms with Gasteiger partial charge in [-0.1, -0.05) is 6.07 Å². The molecule has 1 aliphatic heterocycles. The van der Waals surface area contributed by atoms with Crippen LogP contribution in [0.1, 0.15) is 21.3 Å². The van der Waals surface area contributed by atoms with Crippen LogP contribution >= 0.6 is 11.3 Å². The van der Waals surface area contributed by atoms with Crippen LogP contribution in [0.3, 0.4) is 0 Å². The van der Waals surface area contributed by atoms with Gasteiger partial charge in [0.15, 0.2) is 0 Å². The largest absolute Gasteiger partial charge is 0.496 e. The Morgan fingerprint density at radius 3 is 3.14 bits per heavy atom. The second-order valence-electron chi connectivity index (χ2n) is 4.91. The number of carbonyl (C=O) groups excluding carboxylic acids is 1. The first-order valence-corrected chi connectivity index (χ1v) is 7.78. The van der Waals surface area contributed by atoms with E-state index < -0.39 is 0 Å². The first-order valence-electron chi connectivity index (χ1n) is 6.90. The summed E-state index contributed by atoms with van der Waals surface area (Å²) in [6.07, 6.45) is 1.30. The quantitative estimate of drug-likeness (QED) is 0.933. The second-order valence-corrected chi connectivity index (χ2v) is 5.88. The lowest BCUT2D eigenvalue weighted by Gasteiger charge is -2.32. The van der Waals surface area contributed by atoms with Crippen LogP contribution in [0, 0.1) is 0 Å². The maximum absolute atomic E-state index is 12.7. The van der Waals surface area contributed by atoms with Gasteiger partial charge in [-0.15, -0.1) is 11.3 Å². The normalized spacial score (nSPS) is 18.2. The number of aromatic nitrogens is 1. The van der Waals surface area contributed by atoms with E-state index in [9.17, 15) is 9.59 Å². The second kappa shape index (κ2) is 6.33. The molecule has 0 spiro atoms. The molecule has 1 saturated heterocycles. The van der Waals surface area contributed by atoms with Crippen LogP contribution in [0.25, 0.3) is 0 Å². The standard InChI is InChI=1S/C15H16N2O4S/c1-20-11-7-14(18)16-8-10(11)15(19)17-4-5-21-12(9-17)13-3-2-6-22-13/h2-3,6-8,12H,4-5,9H2,1H3,(H,16,18). The summed E-state index contributed by atoms with van der Waals surface area (Å²) in [6, 6.07) is 5.25. The first-order chi connectivity index (χ1) is 10.7. The number of H-pyrrole nitrogens is 1. The SMILES string of the molecule is COc1cc(=O)[nH]cc1C(=O)N1CCOC(c2cccs2)C1. The molecule has 7 heteroatoms. The van der Waals surface area contributed by atoms with E-state index in [1.807, 2.05) is 17.5 Å². The van der Waals surface area contributed by atoms with Crippen molar-refractivity contribution in [2.45, 2.75) is 6.10 Å². The maximum Gasteiger partial charge on any atom is 0.259 e. The average molecular weight is 320 g/mol. The molecule has 0 radical (unpaired) electrons. The highest BCUT2D eigenvalue weighted by Gasteiger charge is 2.28. The van der Waals surface area contributed by atoms with Crippen molar-refractivity contribution < 1.29 is 14.3 Å². The minimum atomic E-state index is -0.299. The summed E-state index contributed by atoms with van der Waals surface area (Å²) in [5.74, 6) is 0.117. The Morgan fingerprint density at radius 2 is 2.41 bits per heavy atom. The molecule has 116 valence electrons. The molecular formula is C15H16N2O4S. The molecule has 1 atom stereocenters. The number of nitrogens with zero attached hydrogens (tertiary/aromatic N) is 1. The zero-order valence-corrected chi connectivity index (χ0v) is 12.9. The van der Waals surface area contributed by atoms with E-state index in [4.69, 9.17) is 9.47 Å². The highest BCUT2D eigenvalue weighted by molar-refractivity contribution is 7.10. The molecule has 1 unspecified atom stereocenters. The Hall–Kier alpha value is -2.12. The van der Waals surface area contributed by atoms with Crippen molar-refractivity contribution in [1.82, 2.24) is 9.88 Å². The average Bonchev–Trinajstić information content (AvgIpc) is 3.08. The van der Waals surface area contributed by atoms with Gasteiger partial charge in [0.05, 0.1) is 25.8 Å². The molecule has 0 saturated carbocycles. The highest BCUT2D eigenvalue weighted by Crippen LogP contribution is 2.27. The number of amides is 1. The van der Waals surface area contributed by atoms with E-state index in [0.29, 0.717) is 25.3 Å². The monoisotopic (exact) mass is 320 g/mol. The van der Waals surface area contributed by atoms with E-state index in [2.05, 4.69) is 4.98 Å². The topological polar surface area (TPSA) is 71.6 Å². The Balaban J connectivity index is 1.81. The van der Waals surface area contributed by atoms with Gasteiger partial charge in [-0.2, -0.15) is 0 Å². The van der Waals surface area contributed by atoms with Crippen LogP contribution in [0.2, 0.25) is 0 Å². The molecule has 2 aromatic rings. The number of aromatic amines is 1. The van der Waals surface area contributed by atoms with Crippen molar-refractivity contribution in [1.29, 1.82) is 0 Å². The Kier molecular flexibility index (Phi) is 4.26. The lowest BCUT2D eigenvalue weighted by molar-refractivity contribution is -0.0212. The van der Waals surface area contributed by atoms with E-state index in [-0.39, 0.29) is 23.3 Å². The molecule has 0 aromatic carbocycles. The van der Waals surface area contributed by atoms with Crippen molar-refractivity contribution in [2.24, 2.45) is 0 Å². The van der Waals surface area contributed by atoms with Gasteiger partial charge in [-0.25, -0.2) is 0 Å². The summed E-state index contributed by atoms with van der Waals surface area (Å²) >= 11 is 1.61. The van der Waals surface area contributed by atoms with E-state index in [1.165, 1.54) is 19.4 Å². The maximum atomic E-state index is 12.7. The molecule has 0 bridgehead atoms. The smallest absolute Gasteiger partial charge is 0.259 e. The van der Waals surface area contributed by atoms with Crippen LogP contribution in [0.5, 0.6) is 5.75 Å². The molecule has 1 N–H and O–H groups in total. The van der Waals surface area contributed by atoms with E-state index >= 15 is 0 Å². The Labute approximate surface area is 131 Å². The first kappa shape index (κ1) is 14.8. The summed E-state index contributed by atoms with van der Waals surface area (Å²) in [4.78, 5) is 29.4. The van der Waals surface area contributed by atoms with Gasteiger partial charge < -0.3 is 19.4 Å². The number of pyridine rings is 1. The number of morpholine rings is 1. The van der Waals surface area contributed by atoms with Gasteiger partial charge in [0.25, 0.3) is 11.5 Å². The minimum Gasteiger partial charge on any atom is -0.496 e. The third-order valence-corrected chi connectivity index (χ3v) is 4.52. The molecule has 1 amide bonds. The van der Waals surface area contributed by atoms with Crippen LogP contribution < -0.4 is 10.3 Å². The summed E-state index contributed by atoms with van der Waals surface area (Å²) in [6.45, 7) is 1.49. The van der Waals surface area contributed by atoms with Crippen LogP contribution in [0.4, 0.5) is 0 Å². The van der Waals surface area contributed by atoms with E-state index in [1.54, 1.807) is 16.2 Å². The predicted molar refractivity (Wildman–Crippen MR) is 82.5 cm³/mol. The lowest BCUT2D eigenvalue weighted by Crippen LogP contribution is -2.42. The Morgan fingerprint density at radius 1 is 1.55 bits per heavy atom. The van der Waals surface area contributed by atoms with Crippen molar-refractivity contribution >= 4 is 17.2 Å². The van der Waals surface area contributed by atoms with Gasteiger partial charge in [-0.3, -0.25) is 9.59 Å². The highest BCUT2D eigenvalue weighted by atomic mass is 32.1. The van der Waals surface area contributed by atoms with Crippen LogP contribution in [0.15, 0.2) is 34.6 Å².